The third-order valence-corrected chi connectivity index (χ3v) is 7.01. The van der Waals surface area contributed by atoms with Gasteiger partial charge in [0, 0.05) is 0 Å². The molecule has 39 heavy (non-hydrogen) atoms. The number of ketones is 1. The SMILES string of the molecule is C[C@H](NC(=O)[C@@](N)(CCCN)C(=O)C(c1ccccc1)c1ccccc1)c1ccc(-c2ccccc2)cc1.Cl. The van der Waals surface area contributed by atoms with Gasteiger partial charge in [-0.3, -0.25) is 9.59 Å². The lowest BCUT2D eigenvalue weighted by molar-refractivity contribution is -0.137. The highest BCUT2D eigenvalue weighted by Crippen LogP contribution is 2.31. The number of amides is 1. The summed E-state index contributed by atoms with van der Waals surface area (Å²) in [7, 11) is 0. The first kappa shape index (κ1) is 29.8. The zero-order valence-corrected chi connectivity index (χ0v) is 22.9. The minimum Gasteiger partial charge on any atom is -0.348 e. The molecule has 202 valence electrons. The van der Waals surface area contributed by atoms with Crippen molar-refractivity contribution >= 4 is 24.1 Å². The van der Waals surface area contributed by atoms with Gasteiger partial charge in [0.05, 0.1) is 12.0 Å². The van der Waals surface area contributed by atoms with Gasteiger partial charge in [0.2, 0.25) is 5.91 Å². The van der Waals surface area contributed by atoms with E-state index in [4.69, 9.17) is 11.5 Å². The van der Waals surface area contributed by atoms with Crippen LogP contribution in [0.4, 0.5) is 0 Å². The molecule has 0 unspecified atom stereocenters. The summed E-state index contributed by atoms with van der Waals surface area (Å²) in [5, 5.41) is 3.02. The van der Waals surface area contributed by atoms with Crippen LogP contribution in [0.25, 0.3) is 11.1 Å². The van der Waals surface area contributed by atoms with Crippen LogP contribution in [-0.2, 0) is 9.59 Å². The van der Waals surface area contributed by atoms with E-state index >= 15 is 0 Å². The number of nitrogens with two attached hydrogens (primary N) is 2. The molecule has 1 amide bonds. The van der Waals surface area contributed by atoms with Crippen LogP contribution in [0.1, 0.15) is 48.4 Å². The van der Waals surface area contributed by atoms with Crippen LogP contribution in [0, 0.1) is 0 Å². The van der Waals surface area contributed by atoms with Crippen LogP contribution >= 0.6 is 12.4 Å². The average molecular weight is 542 g/mol. The van der Waals surface area contributed by atoms with Crippen molar-refractivity contribution in [2.24, 2.45) is 11.5 Å². The van der Waals surface area contributed by atoms with E-state index in [1.54, 1.807) is 0 Å². The molecular weight excluding hydrogens is 506 g/mol. The van der Waals surface area contributed by atoms with Gasteiger partial charge in [-0.25, -0.2) is 0 Å². The van der Waals surface area contributed by atoms with Gasteiger partial charge in [-0.15, -0.1) is 12.4 Å². The molecular formula is C33H36ClN3O2. The number of carbonyl (C=O) groups excluding carboxylic acids is 2. The van der Waals surface area contributed by atoms with Gasteiger partial charge in [0.15, 0.2) is 11.3 Å². The lowest BCUT2D eigenvalue weighted by atomic mass is 9.76. The van der Waals surface area contributed by atoms with Gasteiger partial charge in [-0.1, -0.05) is 115 Å². The van der Waals surface area contributed by atoms with Crippen molar-refractivity contribution in [2.45, 2.75) is 37.3 Å². The van der Waals surface area contributed by atoms with E-state index in [0.29, 0.717) is 13.0 Å². The number of rotatable bonds is 11. The van der Waals surface area contributed by atoms with E-state index in [1.165, 1.54) is 0 Å². The molecule has 4 aromatic rings. The second-order valence-electron chi connectivity index (χ2n) is 9.67. The Morgan fingerprint density at radius 3 is 1.67 bits per heavy atom. The monoisotopic (exact) mass is 541 g/mol. The summed E-state index contributed by atoms with van der Waals surface area (Å²) in [6, 6.07) is 36.7. The second-order valence-corrected chi connectivity index (χ2v) is 9.67. The molecule has 0 aliphatic heterocycles. The molecule has 4 rings (SSSR count). The fraction of sp³-hybridized carbons (Fsp3) is 0.212. The summed E-state index contributed by atoms with van der Waals surface area (Å²) >= 11 is 0. The largest absolute Gasteiger partial charge is 0.348 e. The first-order valence-electron chi connectivity index (χ1n) is 13.0. The van der Waals surface area contributed by atoms with Gasteiger partial charge < -0.3 is 16.8 Å². The number of carbonyl (C=O) groups is 2. The first-order valence-corrected chi connectivity index (χ1v) is 13.0. The zero-order valence-electron chi connectivity index (χ0n) is 22.1. The Labute approximate surface area is 237 Å². The predicted molar refractivity (Wildman–Crippen MR) is 161 cm³/mol. The molecule has 5 N–H and O–H groups in total. The van der Waals surface area contributed by atoms with E-state index in [1.807, 2.05) is 110 Å². The van der Waals surface area contributed by atoms with Crippen LogP contribution in [0.5, 0.6) is 0 Å². The summed E-state index contributed by atoms with van der Waals surface area (Å²) in [6.45, 7) is 2.23. The van der Waals surface area contributed by atoms with Crippen molar-refractivity contribution in [3.05, 3.63) is 132 Å². The summed E-state index contributed by atoms with van der Waals surface area (Å²) in [5.74, 6) is -1.51. The highest BCUT2D eigenvalue weighted by atomic mass is 35.5. The third-order valence-electron chi connectivity index (χ3n) is 7.01. The van der Waals surface area contributed by atoms with E-state index in [0.717, 1.165) is 27.8 Å². The lowest BCUT2D eigenvalue weighted by Crippen LogP contribution is -2.61. The van der Waals surface area contributed by atoms with Crippen molar-refractivity contribution in [3.8, 4) is 11.1 Å². The lowest BCUT2D eigenvalue weighted by Gasteiger charge is -2.32. The molecule has 0 fully saturated rings. The predicted octanol–water partition coefficient (Wildman–Crippen LogP) is 5.79. The van der Waals surface area contributed by atoms with Crippen molar-refractivity contribution in [1.29, 1.82) is 0 Å². The summed E-state index contributed by atoms with van der Waals surface area (Å²) in [6.07, 6.45) is 0.607. The summed E-state index contributed by atoms with van der Waals surface area (Å²) in [5.41, 5.74) is 15.5. The topological polar surface area (TPSA) is 98.2 Å². The fourth-order valence-electron chi connectivity index (χ4n) is 4.78. The molecule has 0 aromatic heterocycles. The molecule has 4 aromatic carbocycles. The maximum atomic E-state index is 14.2. The summed E-state index contributed by atoms with van der Waals surface area (Å²) in [4.78, 5) is 28.0. The maximum absolute atomic E-state index is 14.2. The Kier molecular flexibility index (Phi) is 10.6. The molecule has 6 heteroatoms. The second kappa shape index (κ2) is 13.9. The smallest absolute Gasteiger partial charge is 0.248 e. The van der Waals surface area contributed by atoms with Gasteiger partial charge in [0.1, 0.15) is 0 Å². The standard InChI is InChI=1S/C33H35N3O2.ClH/c1-24(25-18-20-27(21-19-25)26-12-5-2-6-13-26)36-32(38)33(35,22-11-23-34)31(37)30(28-14-7-3-8-15-28)29-16-9-4-10-17-29;/h2-10,12-21,24,30H,11,22-23,34-35H2,1H3,(H,36,38);1H/t24-,33+;/m0./s1. The zero-order chi connectivity index (χ0) is 27.0. The Morgan fingerprint density at radius 1 is 0.718 bits per heavy atom. The first-order chi connectivity index (χ1) is 18.4. The molecule has 5 nitrogen and oxygen atoms in total. The molecule has 0 aliphatic rings. The van der Waals surface area contributed by atoms with Gasteiger partial charge >= 0.3 is 0 Å². The van der Waals surface area contributed by atoms with Gasteiger partial charge in [0.25, 0.3) is 0 Å². The Bertz CT molecular complexity index is 1290. The number of nitrogens with one attached hydrogen (secondary N) is 1. The molecule has 0 bridgehead atoms. The van der Waals surface area contributed by atoms with E-state index in [-0.39, 0.29) is 30.7 Å². The van der Waals surface area contributed by atoms with Crippen LogP contribution in [-0.4, -0.2) is 23.8 Å². The van der Waals surface area contributed by atoms with E-state index < -0.39 is 17.4 Å². The molecule has 2 atom stereocenters. The van der Waals surface area contributed by atoms with Gasteiger partial charge in [-0.2, -0.15) is 0 Å². The minimum atomic E-state index is -1.74. The van der Waals surface area contributed by atoms with Crippen molar-refractivity contribution in [1.82, 2.24) is 5.32 Å². The average Bonchev–Trinajstić information content (AvgIpc) is 2.97. The molecule has 0 spiro atoms. The Balaban J connectivity index is 0.00000420. The van der Waals surface area contributed by atoms with Crippen LogP contribution < -0.4 is 16.8 Å². The number of hydrogen-bond donors (Lipinski definition) is 3. The minimum absolute atomic E-state index is 0. The van der Waals surface area contributed by atoms with Crippen molar-refractivity contribution in [2.75, 3.05) is 6.54 Å². The van der Waals surface area contributed by atoms with Crippen LogP contribution in [0.3, 0.4) is 0 Å². The quantitative estimate of drug-likeness (QED) is 0.209. The normalized spacial score (nSPS) is 13.1. The number of hydrogen-bond acceptors (Lipinski definition) is 4. The van der Waals surface area contributed by atoms with Crippen molar-refractivity contribution in [3.63, 3.8) is 0 Å². The van der Waals surface area contributed by atoms with Gasteiger partial charge in [-0.05, 0) is 54.1 Å². The highest BCUT2D eigenvalue weighted by molar-refractivity contribution is 6.14. The fourth-order valence-corrected chi connectivity index (χ4v) is 4.78. The number of Topliss-reactive ketones (excluding diaryl/α,β-unsaturated/α-hetero) is 1. The molecule has 0 aliphatic carbocycles. The van der Waals surface area contributed by atoms with Crippen LogP contribution in [0.2, 0.25) is 0 Å². The molecule has 0 saturated carbocycles. The summed E-state index contributed by atoms with van der Waals surface area (Å²) < 4.78 is 0. The van der Waals surface area contributed by atoms with E-state index in [2.05, 4.69) is 17.4 Å². The van der Waals surface area contributed by atoms with E-state index in [9.17, 15) is 9.59 Å². The highest BCUT2D eigenvalue weighted by Gasteiger charge is 2.45. The Morgan fingerprint density at radius 2 is 1.18 bits per heavy atom. The third kappa shape index (κ3) is 7.01. The molecule has 0 saturated heterocycles. The van der Waals surface area contributed by atoms with Crippen molar-refractivity contribution < 1.29 is 9.59 Å². The molecule has 0 radical (unpaired) electrons. The van der Waals surface area contributed by atoms with Crippen LogP contribution in [0.15, 0.2) is 115 Å². The molecule has 0 heterocycles. The number of benzene rings is 4. The Hall–Kier alpha value is -3.77. The number of halogens is 1. The maximum Gasteiger partial charge on any atom is 0.248 e.